The Labute approximate surface area is 161 Å². The second-order valence-electron chi connectivity index (χ2n) is 6.01. The van der Waals surface area contributed by atoms with Gasteiger partial charge in [-0.25, -0.2) is 0 Å². The van der Waals surface area contributed by atoms with E-state index in [4.69, 9.17) is 0 Å². The van der Waals surface area contributed by atoms with Crippen molar-refractivity contribution in [3.63, 3.8) is 0 Å². The van der Waals surface area contributed by atoms with Crippen molar-refractivity contribution in [2.75, 3.05) is 7.11 Å². The SMILES string of the molecule is COC(=O)Cn1c(=NC(=O)c2cccc(C(F)(F)F)c2)sc2cc(C)ccc21. The third kappa shape index (κ3) is 4.14. The molecule has 1 amide bonds. The van der Waals surface area contributed by atoms with Gasteiger partial charge in [0, 0.05) is 5.56 Å². The van der Waals surface area contributed by atoms with Gasteiger partial charge in [-0.2, -0.15) is 18.2 Å². The summed E-state index contributed by atoms with van der Waals surface area (Å²) >= 11 is 1.17. The number of hydrogen-bond donors (Lipinski definition) is 0. The first kappa shape index (κ1) is 19.8. The lowest BCUT2D eigenvalue weighted by Crippen LogP contribution is -2.22. The summed E-state index contributed by atoms with van der Waals surface area (Å²) in [6.45, 7) is 1.72. The maximum absolute atomic E-state index is 12.9. The lowest BCUT2D eigenvalue weighted by atomic mass is 10.1. The second-order valence-corrected chi connectivity index (χ2v) is 7.02. The van der Waals surface area contributed by atoms with Crippen LogP contribution >= 0.6 is 11.3 Å². The molecular weight excluding hydrogens is 393 g/mol. The quantitative estimate of drug-likeness (QED) is 0.617. The standard InChI is InChI=1S/C19H15F3N2O3S/c1-11-6-7-14-15(8-11)28-18(24(14)10-16(25)27-2)23-17(26)12-4-3-5-13(9-12)19(20,21)22/h3-9H,10H2,1-2H3. The number of benzene rings is 2. The van der Waals surface area contributed by atoms with Gasteiger partial charge in [-0.3, -0.25) is 9.59 Å². The minimum absolute atomic E-state index is 0.172. The molecule has 3 rings (SSSR count). The Kier molecular flexibility index (Phi) is 5.37. The molecule has 3 aromatic rings. The minimum atomic E-state index is -4.56. The number of halogens is 3. The molecule has 0 saturated carbocycles. The molecule has 5 nitrogen and oxygen atoms in total. The summed E-state index contributed by atoms with van der Waals surface area (Å²) in [7, 11) is 1.24. The van der Waals surface area contributed by atoms with E-state index in [-0.39, 0.29) is 16.9 Å². The molecule has 0 saturated heterocycles. The Morgan fingerprint density at radius 1 is 1.18 bits per heavy atom. The molecule has 1 heterocycles. The molecule has 0 aliphatic carbocycles. The molecule has 1 aromatic heterocycles. The Morgan fingerprint density at radius 2 is 1.93 bits per heavy atom. The van der Waals surface area contributed by atoms with Crippen LogP contribution in [-0.4, -0.2) is 23.6 Å². The molecule has 146 valence electrons. The van der Waals surface area contributed by atoms with Gasteiger partial charge >= 0.3 is 12.1 Å². The van der Waals surface area contributed by atoms with Crippen LogP contribution in [0.5, 0.6) is 0 Å². The number of ether oxygens (including phenoxy) is 1. The fourth-order valence-corrected chi connectivity index (χ4v) is 3.72. The number of fused-ring (bicyclic) bond motifs is 1. The van der Waals surface area contributed by atoms with E-state index in [9.17, 15) is 22.8 Å². The van der Waals surface area contributed by atoms with Gasteiger partial charge in [-0.1, -0.05) is 23.5 Å². The van der Waals surface area contributed by atoms with Gasteiger partial charge in [0.2, 0.25) is 0 Å². The average molecular weight is 408 g/mol. The zero-order valence-corrected chi connectivity index (χ0v) is 15.7. The third-order valence-corrected chi connectivity index (χ3v) is 5.03. The topological polar surface area (TPSA) is 60.7 Å². The van der Waals surface area contributed by atoms with Crippen molar-refractivity contribution in [3.05, 3.63) is 64.0 Å². The molecule has 0 unspecified atom stereocenters. The number of alkyl halides is 3. The molecule has 0 bridgehead atoms. The second kappa shape index (κ2) is 7.59. The molecule has 0 atom stereocenters. The highest BCUT2D eigenvalue weighted by atomic mass is 32.1. The molecule has 0 fully saturated rings. The van der Waals surface area contributed by atoms with Crippen molar-refractivity contribution in [2.24, 2.45) is 4.99 Å². The molecule has 0 aliphatic rings. The minimum Gasteiger partial charge on any atom is -0.468 e. The summed E-state index contributed by atoms with van der Waals surface area (Å²) < 4.78 is 45.6. The number of rotatable bonds is 3. The monoisotopic (exact) mass is 408 g/mol. The van der Waals surface area contributed by atoms with Crippen LogP contribution in [0.3, 0.4) is 0 Å². The predicted octanol–water partition coefficient (Wildman–Crippen LogP) is 3.94. The lowest BCUT2D eigenvalue weighted by Gasteiger charge is -2.07. The first-order chi connectivity index (χ1) is 13.2. The summed E-state index contributed by atoms with van der Waals surface area (Å²) in [6.07, 6.45) is -4.56. The molecular formula is C19H15F3N2O3S. The molecule has 0 aliphatic heterocycles. The first-order valence-corrected chi connectivity index (χ1v) is 8.94. The van der Waals surface area contributed by atoms with Crippen molar-refractivity contribution < 1.29 is 27.5 Å². The van der Waals surface area contributed by atoms with Crippen LogP contribution in [0.1, 0.15) is 21.5 Å². The fraction of sp³-hybridized carbons (Fsp3) is 0.211. The number of methoxy groups -OCH3 is 1. The highest BCUT2D eigenvalue weighted by Gasteiger charge is 2.30. The van der Waals surface area contributed by atoms with E-state index in [2.05, 4.69) is 9.73 Å². The summed E-state index contributed by atoms with van der Waals surface area (Å²) in [4.78, 5) is 28.4. The van der Waals surface area contributed by atoms with Crippen molar-refractivity contribution in [1.82, 2.24) is 4.57 Å². The number of aryl methyl sites for hydroxylation is 1. The van der Waals surface area contributed by atoms with Crippen LogP contribution in [-0.2, 0) is 22.3 Å². The van der Waals surface area contributed by atoms with Gasteiger partial charge in [-0.05, 0) is 42.8 Å². The lowest BCUT2D eigenvalue weighted by molar-refractivity contribution is -0.141. The fourth-order valence-electron chi connectivity index (χ4n) is 2.59. The number of amides is 1. The Bertz CT molecular complexity index is 1130. The van der Waals surface area contributed by atoms with Crippen LogP contribution < -0.4 is 4.80 Å². The number of carbonyl (C=O) groups excluding carboxylic acids is 2. The summed E-state index contributed by atoms with van der Waals surface area (Å²) in [5.41, 5.74) is 0.544. The Morgan fingerprint density at radius 3 is 2.61 bits per heavy atom. The van der Waals surface area contributed by atoms with Crippen molar-refractivity contribution in [3.8, 4) is 0 Å². The number of carbonyl (C=O) groups is 2. The molecule has 28 heavy (non-hydrogen) atoms. The smallest absolute Gasteiger partial charge is 0.416 e. The van der Waals surface area contributed by atoms with Crippen LogP contribution in [0.4, 0.5) is 13.2 Å². The van der Waals surface area contributed by atoms with E-state index in [1.807, 2.05) is 19.1 Å². The van der Waals surface area contributed by atoms with Gasteiger partial charge in [-0.15, -0.1) is 0 Å². The van der Waals surface area contributed by atoms with Crippen molar-refractivity contribution in [1.29, 1.82) is 0 Å². The van der Waals surface area contributed by atoms with Crippen molar-refractivity contribution in [2.45, 2.75) is 19.6 Å². The van der Waals surface area contributed by atoms with Gasteiger partial charge in [0.25, 0.3) is 5.91 Å². The maximum atomic E-state index is 12.9. The van der Waals surface area contributed by atoms with E-state index in [1.54, 1.807) is 6.07 Å². The van der Waals surface area contributed by atoms with E-state index in [0.29, 0.717) is 5.52 Å². The van der Waals surface area contributed by atoms with Crippen LogP contribution in [0.2, 0.25) is 0 Å². The van der Waals surface area contributed by atoms with Crippen LogP contribution in [0, 0.1) is 6.92 Å². The molecule has 2 aromatic carbocycles. The number of aromatic nitrogens is 1. The number of hydrogen-bond acceptors (Lipinski definition) is 4. The average Bonchev–Trinajstić information content (AvgIpc) is 2.97. The summed E-state index contributed by atoms with van der Waals surface area (Å²) in [5.74, 6) is -1.36. The molecule has 9 heteroatoms. The predicted molar refractivity (Wildman–Crippen MR) is 97.9 cm³/mol. The first-order valence-electron chi connectivity index (χ1n) is 8.12. The van der Waals surface area contributed by atoms with Gasteiger partial charge in [0.15, 0.2) is 4.80 Å². The van der Waals surface area contributed by atoms with E-state index < -0.39 is 23.6 Å². The summed E-state index contributed by atoms with van der Waals surface area (Å²) in [6, 6.07) is 9.58. The zero-order chi connectivity index (χ0) is 20.5. The van der Waals surface area contributed by atoms with Gasteiger partial charge in [0.1, 0.15) is 6.54 Å². The molecule has 0 spiro atoms. The molecule has 0 radical (unpaired) electrons. The van der Waals surface area contributed by atoms with Crippen LogP contribution in [0.15, 0.2) is 47.5 Å². The number of nitrogens with zero attached hydrogens (tertiary/aromatic N) is 2. The van der Waals surface area contributed by atoms with E-state index in [1.165, 1.54) is 29.1 Å². The van der Waals surface area contributed by atoms with Crippen LogP contribution in [0.25, 0.3) is 10.2 Å². The highest BCUT2D eigenvalue weighted by Crippen LogP contribution is 2.29. The van der Waals surface area contributed by atoms with E-state index in [0.717, 1.165) is 28.5 Å². The number of esters is 1. The van der Waals surface area contributed by atoms with E-state index >= 15 is 0 Å². The summed E-state index contributed by atoms with van der Waals surface area (Å²) in [5, 5.41) is 0. The maximum Gasteiger partial charge on any atom is 0.416 e. The van der Waals surface area contributed by atoms with Gasteiger partial charge in [0.05, 0.1) is 22.9 Å². The third-order valence-electron chi connectivity index (χ3n) is 3.99. The Balaban J connectivity index is 2.11. The number of thiazole rings is 1. The highest BCUT2D eigenvalue weighted by molar-refractivity contribution is 7.16. The van der Waals surface area contributed by atoms with Gasteiger partial charge < -0.3 is 9.30 Å². The normalized spacial score (nSPS) is 12.4. The largest absolute Gasteiger partial charge is 0.468 e. The molecule has 0 N–H and O–H groups in total. The Hall–Kier alpha value is -2.94. The van der Waals surface area contributed by atoms with Crippen molar-refractivity contribution >= 4 is 33.4 Å². The zero-order valence-electron chi connectivity index (χ0n) is 14.9.